The van der Waals surface area contributed by atoms with Crippen LogP contribution < -0.4 is 11.1 Å². The number of carbonyl (C=O) groups is 1. The third-order valence-corrected chi connectivity index (χ3v) is 4.24. The van der Waals surface area contributed by atoms with Crippen LogP contribution in [0.15, 0.2) is 42.5 Å². The van der Waals surface area contributed by atoms with E-state index in [0.717, 1.165) is 16.7 Å². The Morgan fingerprint density at radius 1 is 1.36 bits per heavy atom. The molecule has 0 saturated carbocycles. The number of hydrogen-bond acceptors (Lipinski definition) is 4. The van der Waals surface area contributed by atoms with E-state index < -0.39 is 11.4 Å². The van der Waals surface area contributed by atoms with Crippen LogP contribution in [0.2, 0.25) is 5.02 Å². The third-order valence-electron chi connectivity index (χ3n) is 3.95. The number of hydrogen-bond donors (Lipinski definition) is 3. The highest BCUT2D eigenvalue weighted by molar-refractivity contribution is 6.31. The molecule has 25 heavy (non-hydrogen) atoms. The molecule has 1 heterocycles. The maximum Gasteiger partial charge on any atom is 0.290 e. The van der Waals surface area contributed by atoms with E-state index in [4.69, 9.17) is 32.0 Å². The lowest BCUT2D eigenvalue weighted by Gasteiger charge is -2.38. The Morgan fingerprint density at radius 3 is 2.68 bits per heavy atom. The molecule has 4 N–H and O–H groups in total. The number of benzene rings is 2. The zero-order chi connectivity index (χ0) is 18.4. The van der Waals surface area contributed by atoms with E-state index in [-0.39, 0.29) is 17.7 Å². The number of nitrogens with one attached hydrogen (secondary N) is 1. The lowest BCUT2D eigenvalue weighted by atomic mass is 9.91. The fraction of sp³-hybridized carbons (Fsp3) is 0.278. The first-order valence-electron chi connectivity index (χ1n) is 7.67. The summed E-state index contributed by atoms with van der Waals surface area (Å²) in [6.07, 6.45) is -0.331. The molecule has 2 aromatic rings. The van der Waals surface area contributed by atoms with Crippen molar-refractivity contribution in [2.45, 2.75) is 18.8 Å². The molecule has 7 heteroatoms. The van der Waals surface area contributed by atoms with Gasteiger partial charge < -0.3 is 20.9 Å². The second-order valence-electron chi connectivity index (χ2n) is 5.83. The van der Waals surface area contributed by atoms with Crippen molar-refractivity contribution in [3.63, 3.8) is 0 Å². The van der Waals surface area contributed by atoms with Crippen molar-refractivity contribution in [3.8, 4) is 11.1 Å². The fourth-order valence-corrected chi connectivity index (χ4v) is 2.92. The van der Waals surface area contributed by atoms with Gasteiger partial charge in [-0.25, -0.2) is 4.39 Å². The zero-order valence-corrected chi connectivity index (χ0v) is 14.5. The molecule has 2 unspecified atom stereocenters. The lowest BCUT2D eigenvalue weighted by molar-refractivity contribution is -0.122. The quantitative estimate of drug-likeness (QED) is 0.711. The standard InChI is InChI=1S/C17H18ClFN2O.CH2O2/c1-17(10-21-9-16(20)22-17)13-4-2-3-11(7-13)12-5-6-15(19)14(18)8-12;2-1-3/h2-8,16,21H,9-10,20H2,1H3;1H,(H,2,3). The number of rotatable bonds is 2. The number of carboxylic acid groups (broad SMARTS) is 1. The Labute approximate surface area is 150 Å². The van der Waals surface area contributed by atoms with Gasteiger partial charge in [0.25, 0.3) is 6.47 Å². The van der Waals surface area contributed by atoms with Gasteiger partial charge in [0.15, 0.2) is 0 Å². The first-order chi connectivity index (χ1) is 11.9. The topological polar surface area (TPSA) is 84.6 Å². The highest BCUT2D eigenvalue weighted by Crippen LogP contribution is 2.32. The van der Waals surface area contributed by atoms with E-state index in [2.05, 4.69) is 5.32 Å². The van der Waals surface area contributed by atoms with Crippen molar-refractivity contribution in [2.75, 3.05) is 13.1 Å². The SMILES string of the molecule is CC1(c2cccc(-c3ccc(F)c(Cl)c3)c2)CNCC(N)O1.O=CO. The van der Waals surface area contributed by atoms with Crippen molar-refractivity contribution in [3.05, 3.63) is 58.9 Å². The largest absolute Gasteiger partial charge is 0.483 e. The molecule has 1 aliphatic rings. The third kappa shape index (κ3) is 4.76. The molecule has 0 amide bonds. The zero-order valence-electron chi connectivity index (χ0n) is 13.7. The highest BCUT2D eigenvalue weighted by Gasteiger charge is 2.33. The summed E-state index contributed by atoms with van der Waals surface area (Å²) in [7, 11) is 0. The molecular weight excluding hydrogens is 347 g/mol. The number of ether oxygens (including phenoxy) is 1. The molecule has 2 aromatic carbocycles. The summed E-state index contributed by atoms with van der Waals surface area (Å²) in [6, 6.07) is 12.7. The first kappa shape index (κ1) is 19.3. The van der Waals surface area contributed by atoms with Gasteiger partial charge >= 0.3 is 0 Å². The van der Waals surface area contributed by atoms with Gasteiger partial charge in [-0.1, -0.05) is 35.9 Å². The van der Waals surface area contributed by atoms with Crippen molar-refractivity contribution in [1.82, 2.24) is 5.32 Å². The van der Waals surface area contributed by atoms with Gasteiger partial charge in [0.1, 0.15) is 17.6 Å². The van der Waals surface area contributed by atoms with E-state index in [1.807, 2.05) is 31.2 Å². The fourth-order valence-electron chi connectivity index (χ4n) is 2.74. The summed E-state index contributed by atoms with van der Waals surface area (Å²) >= 11 is 5.87. The molecule has 0 aliphatic carbocycles. The average Bonchev–Trinajstić information content (AvgIpc) is 2.58. The molecule has 3 rings (SSSR count). The molecule has 1 saturated heterocycles. The van der Waals surface area contributed by atoms with Gasteiger partial charge in [-0.15, -0.1) is 0 Å². The molecule has 134 valence electrons. The number of halogens is 2. The van der Waals surface area contributed by atoms with E-state index in [1.165, 1.54) is 6.07 Å². The molecule has 0 spiro atoms. The van der Waals surface area contributed by atoms with Crippen LogP contribution in [-0.4, -0.2) is 30.9 Å². The van der Waals surface area contributed by atoms with Crippen LogP contribution in [0.4, 0.5) is 4.39 Å². The highest BCUT2D eigenvalue weighted by atomic mass is 35.5. The average molecular weight is 367 g/mol. The van der Waals surface area contributed by atoms with Crippen LogP contribution in [-0.2, 0) is 15.1 Å². The molecule has 5 nitrogen and oxygen atoms in total. The summed E-state index contributed by atoms with van der Waals surface area (Å²) in [5, 5.41) is 10.3. The molecule has 0 bridgehead atoms. The maximum atomic E-state index is 13.3. The molecule has 2 atom stereocenters. The molecule has 1 aliphatic heterocycles. The van der Waals surface area contributed by atoms with Crippen molar-refractivity contribution >= 4 is 18.1 Å². The van der Waals surface area contributed by atoms with E-state index in [9.17, 15) is 4.39 Å². The minimum absolute atomic E-state index is 0.117. The summed E-state index contributed by atoms with van der Waals surface area (Å²) in [6.45, 7) is 3.09. The van der Waals surface area contributed by atoms with Gasteiger partial charge in [-0.05, 0) is 41.8 Å². The van der Waals surface area contributed by atoms with Crippen molar-refractivity contribution in [2.24, 2.45) is 5.73 Å². The summed E-state index contributed by atoms with van der Waals surface area (Å²) in [5.74, 6) is -0.417. The van der Waals surface area contributed by atoms with Crippen LogP contribution in [0.5, 0.6) is 0 Å². The maximum absolute atomic E-state index is 13.3. The Hall–Kier alpha value is -1.99. The molecule has 1 fully saturated rings. The van der Waals surface area contributed by atoms with E-state index >= 15 is 0 Å². The Balaban J connectivity index is 0.000000701. The summed E-state index contributed by atoms with van der Waals surface area (Å²) in [4.78, 5) is 8.36. The lowest BCUT2D eigenvalue weighted by Crippen LogP contribution is -2.53. The minimum atomic E-state index is -0.489. The predicted octanol–water partition coefficient (Wildman–Crippen LogP) is 2.97. The van der Waals surface area contributed by atoms with Crippen molar-refractivity contribution < 1.29 is 19.0 Å². The molecule has 0 aromatic heterocycles. The summed E-state index contributed by atoms with van der Waals surface area (Å²) < 4.78 is 19.2. The summed E-state index contributed by atoms with van der Waals surface area (Å²) in [5.41, 5.74) is 8.25. The van der Waals surface area contributed by atoms with E-state index in [1.54, 1.807) is 12.1 Å². The van der Waals surface area contributed by atoms with Gasteiger partial charge in [0.2, 0.25) is 0 Å². The van der Waals surface area contributed by atoms with Gasteiger partial charge in [0, 0.05) is 13.1 Å². The van der Waals surface area contributed by atoms with Crippen molar-refractivity contribution in [1.29, 1.82) is 0 Å². The Kier molecular flexibility index (Phi) is 6.50. The minimum Gasteiger partial charge on any atom is -0.483 e. The Morgan fingerprint density at radius 2 is 2.04 bits per heavy atom. The van der Waals surface area contributed by atoms with Crippen LogP contribution in [0.25, 0.3) is 11.1 Å². The van der Waals surface area contributed by atoms with Crippen LogP contribution in [0.1, 0.15) is 12.5 Å². The normalized spacial score (nSPS) is 22.6. The van der Waals surface area contributed by atoms with Gasteiger partial charge in [0.05, 0.1) is 5.02 Å². The van der Waals surface area contributed by atoms with Gasteiger partial charge in [-0.2, -0.15) is 0 Å². The second-order valence-corrected chi connectivity index (χ2v) is 6.24. The predicted molar refractivity (Wildman–Crippen MR) is 94.8 cm³/mol. The number of nitrogens with two attached hydrogens (primary N) is 1. The van der Waals surface area contributed by atoms with Crippen LogP contribution in [0, 0.1) is 5.82 Å². The van der Waals surface area contributed by atoms with Gasteiger partial charge in [-0.3, -0.25) is 4.79 Å². The molecule has 0 radical (unpaired) electrons. The molecular formula is C18H20ClFN2O3. The monoisotopic (exact) mass is 366 g/mol. The number of morpholine rings is 1. The second kappa shape index (κ2) is 8.40. The smallest absolute Gasteiger partial charge is 0.290 e. The van der Waals surface area contributed by atoms with Crippen LogP contribution >= 0.6 is 11.6 Å². The van der Waals surface area contributed by atoms with Crippen LogP contribution in [0.3, 0.4) is 0 Å². The van der Waals surface area contributed by atoms with E-state index in [0.29, 0.717) is 13.1 Å². The Bertz CT molecular complexity index is 744. The first-order valence-corrected chi connectivity index (χ1v) is 8.05.